The summed E-state index contributed by atoms with van der Waals surface area (Å²) in [5.41, 5.74) is 3.87. The van der Waals surface area contributed by atoms with Crippen molar-refractivity contribution < 1.29 is 9.53 Å². The first kappa shape index (κ1) is 24.2. The van der Waals surface area contributed by atoms with E-state index in [0.29, 0.717) is 18.6 Å². The Labute approximate surface area is 203 Å². The van der Waals surface area contributed by atoms with Crippen LogP contribution in [-0.2, 0) is 22.3 Å². The molecule has 0 saturated carbocycles. The van der Waals surface area contributed by atoms with Crippen LogP contribution in [0.2, 0.25) is 0 Å². The Morgan fingerprint density at radius 2 is 1.79 bits per heavy atom. The average molecular weight is 460 g/mol. The van der Waals surface area contributed by atoms with Crippen LogP contribution in [0.15, 0.2) is 60.8 Å². The summed E-state index contributed by atoms with van der Waals surface area (Å²) in [6, 6.07) is 19.1. The molecule has 4 rings (SSSR count). The standard InChI is InChI=1S/C29H37N3O2/c1-6-29(7-2,23-15-13-21(14-16-23)20-34-5)18-26(33)24-19-30-32-27(24)31-25(17-28(32,3)4)22-11-9-8-10-12-22/h8-16,19,25,31H,6-7,17-18,20H2,1-5H3. The average Bonchev–Trinajstić information content (AvgIpc) is 3.29. The Kier molecular flexibility index (Phi) is 6.94. The quantitative estimate of drug-likeness (QED) is 0.364. The molecule has 0 aliphatic carbocycles. The normalized spacial score (nSPS) is 17.1. The zero-order valence-electron chi connectivity index (χ0n) is 21.1. The number of anilines is 1. The molecule has 2 aromatic carbocycles. The summed E-state index contributed by atoms with van der Waals surface area (Å²) in [6.45, 7) is 9.34. The minimum absolute atomic E-state index is 0.141. The van der Waals surface area contributed by atoms with Gasteiger partial charge in [-0.3, -0.25) is 4.79 Å². The number of hydrogen-bond acceptors (Lipinski definition) is 4. The van der Waals surface area contributed by atoms with E-state index < -0.39 is 0 Å². The number of Topliss-reactive ketones (excluding diaryl/α,β-unsaturated/α-hetero) is 1. The number of ether oxygens (including phenoxy) is 1. The minimum Gasteiger partial charge on any atom is -0.380 e. The Morgan fingerprint density at radius 3 is 2.41 bits per heavy atom. The van der Waals surface area contributed by atoms with E-state index in [1.54, 1.807) is 13.3 Å². The molecule has 5 nitrogen and oxygen atoms in total. The number of nitrogens with one attached hydrogen (secondary N) is 1. The van der Waals surface area contributed by atoms with E-state index in [4.69, 9.17) is 4.74 Å². The van der Waals surface area contributed by atoms with E-state index in [1.165, 1.54) is 11.1 Å². The third kappa shape index (κ3) is 4.54. The van der Waals surface area contributed by atoms with Gasteiger partial charge in [-0.25, -0.2) is 4.68 Å². The van der Waals surface area contributed by atoms with Crippen LogP contribution in [0.4, 0.5) is 5.82 Å². The van der Waals surface area contributed by atoms with Crippen LogP contribution in [0.3, 0.4) is 0 Å². The smallest absolute Gasteiger partial charge is 0.169 e. The molecular weight excluding hydrogens is 422 g/mol. The summed E-state index contributed by atoms with van der Waals surface area (Å²) in [6.07, 6.45) is 4.92. The first-order chi connectivity index (χ1) is 16.3. The molecule has 0 spiro atoms. The maximum absolute atomic E-state index is 13.8. The lowest BCUT2D eigenvalue weighted by Gasteiger charge is -2.38. The number of benzene rings is 2. The molecule has 0 fully saturated rings. The number of rotatable bonds is 9. The lowest BCUT2D eigenvalue weighted by atomic mass is 9.71. The van der Waals surface area contributed by atoms with Gasteiger partial charge in [0.25, 0.3) is 0 Å². The van der Waals surface area contributed by atoms with Crippen molar-refractivity contribution in [2.24, 2.45) is 0 Å². The van der Waals surface area contributed by atoms with Crippen molar-refractivity contribution in [1.82, 2.24) is 9.78 Å². The van der Waals surface area contributed by atoms with Gasteiger partial charge in [-0.1, -0.05) is 68.4 Å². The molecule has 0 bridgehead atoms. The van der Waals surface area contributed by atoms with Gasteiger partial charge in [0, 0.05) is 18.9 Å². The molecule has 1 atom stereocenters. The summed E-state index contributed by atoms with van der Waals surface area (Å²) < 4.78 is 7.26. The number of carbonyl (C=O) groups excluding carboxylic acids is 1. The molecule has 1 N–H and O–H groups in total. The van der Waals surface area contributed by atoms with E-state index in [1.807, 2.05) is 10.7 Å². The highest BCUT2D eigenvalue weighted by Gasteiger charge is 2.38. The van der Waals surface area contributed by atoms with Crippen molar-refractivity contribution in [3.05, 3.63) is 83.0 Å². The molecule has 1 aliphatic heterocycles. The van der Waals surface area contributed by atoms with Crippen molar-refractivity contribution in [3.63, 3.8) is 0 Å². The summed E-state index contributed by atoms with van der Waals surface area (Å²) in [7, 11) is 1.71. The SMILES string of the molecule is CCC(CC)(CC(=O)c1cnn2c1NC(c1ccccc1)CC2(C)C)c1ccc(COC)cc1. The van der Waals surface area contributed by atoms with Crippen LogP contribution < -0.4 is 5.32 Å². The lowest BCUT2D eigenvalue weighted by Crippen LogP contribution is -2.38. The zero-order chi connectivity index (χ0) is 24.3. The third-order valence-electron chi connectivity index (χ3n) is 7.59. The molecule has 180 valence electrons. The predicted octanol–water partition coefficient (Wildman–Crippen LogP) is 6.65. The van der Waals surface area contributed by atoms with Gasteiger partial charge in [-0.15, -0.1) is 0 Å². The van der Waals surface area contributed by atoms with Crippen LogP contribution in [0, 0.1) is 0 Å². The fourth-order valence-electron chi connectivity index (χ4n) is 5.37. The van der Waals surface area contributed by atoms with Crippen LogP contribution >= 0.6 is 0 Å². The van der Waals surface area contributed by atoms with Gasteiger partial charge in [0.05, 0.1) is 29.9 Å². The molecule has 5 heteroatoms. The van der Waals surface area contributed by atoms with Gasteiger partial charge in [0.1, 0.15) is 5.82 Å². The van der Waals surface area contributed by atoms with E-state index in [-0.39, 0.29) is 22.8 Å². The van der Waals surface area contributed by atoms with Gasteiger partial charge in [-0.05, 0) is 49.8 Å². The second kappa shape index (κ2) is 9.75. The van der Waals surface area contributed by atoms with Crippen molar-refractivity contribution in [2.75, 3.05) is 12.4 Å². The number of fused-ring (bicyclic) bond motifs is 1. The highest BCUT2D eigenvalue weighted by atomic mass is 16.5. The van der Waals surface area contributed by atoms with Crippen LogP contribution in [-0.4, -0.2) is 22.7 Å². The highest BCUT2D eigenvalue weighted by molar-refractivity contribution is 6.01. The number of aromatic nitrogens is 2. The Morgan fingerprint density at radius 1 is 1.12 bits per heavy atom. The second-order valence-corrected chi connectivity index (χ2v) is 10.2. The topological polar surface area (TPSA) is 56.2 Å². The maximum Gasteiger partial charge on any atom is 0.169 e. The summed E-state index contributed by atoms with van der Waals surface area (Å²) in [5.74, 6) is 0.981. The number of carbonyl (C=O) groups is 1. The number of hydrogen-bond donors (Lipinski definition) is 1. The molecule has 2 heterocycles. The number of methoxy groups -OCH3 is 1. The first-order valence-corrected chi connectivity index (χ1v) is 12.3. The molecular formula is C29H37N3O2. The fraction of sp³-hybridized carbons (Fsp3) is 0.448. The molecule has 0 radical (unpaired) electrons. The van der Waals surface area contributed by atoms with E-state index in [9.17, 15) is 4.79 Å². The van der Waals surface area contributed by atoms with Crippen LogP contribution in [0.25, 0.3) is 0 Å². The molecule has 0 amide bonds. The van der Waals surface area contributed by atoms with E-state index in [0.717, 1.165) is 30.6 Å². The fourth-order valence-corrected chi connectivity index (χ4v) is 5.37. The highest BCUT2D eigenvalue weighted by Crippen LogP contribution is 2.42. The zero-order valence-corrected chi connectivity index (χ0v) is 21.1. The minimum atomic E-state index is -0.208. The molecule has 34 heavy (non-hydrogen) atoms. The monoisotopic (exact) mass is 459 g/mol. The summed E-state index contributed by atoms with van der Waals surface area (Å²) in [5, 5.41) is 8.31. The van der Waals surface area contributed by atoms with Crippen molar-refractivity contribution >= 4 is 11.6 Å². The molecule has 3 aromatic rings. The van der Waals surface area contributed by atoms with Crippen molar-refractivity contribution in [2.45, 2.75) is 77.0 Å². The van der Waals surface area contributed by atoms with E-state index in [2.05, 4.69) is 86.6 Å². The summed E-state index contributed by atoms with van der Waals surface area (Å²) >= 11 is 0. The summed E-state index contributed by atoms with van der Waals surface area (Å²) in [4.78, 5) is 13.8. The largest absolute Gasteiger partial charge is 0.380 e. The van der Waals surface area contributed by atoms with Crippen molar-refractivity contribution in [1.29, 1.82) is 0 Å². The van der Waals surface area contributed by atoms with Gasteiger partial charge in [-0.2, -0.15) is 5.10 Å². The molecule has 0 saturated heterocycles. The molecule has 1 aliphatic rings. The Bertz CT molecular complexity index is 1110. The van der Waals surface area contributed by atoms with Crippen LogP contribution in [0.1, 0.15) is 86.5 Å². The first-order valence-electron chi connectivity index (χ1n) is 12.3. The second-order valence-electron chi connectivity index (χ2n) is 10.2. The van der Waals surface area contributed by atoms with Crippen molar-refractivity contribution in [3.8, 4) is 0 Å². The maximum atomic E-state index is 13.8. The molecule has 1 aromatic heterocycles. The Hall–Kier alpha value is -2.92. The number of nitrogens with zero attached hydrogens (tertiary/aromatic N) is 2. The van der Waals surface area contributed by atoms with E-state index >= 15 is 0 Å². The van der Waals surface area contributed by atoms with Gasteiger partial charge < -0.3 is 10.1 Å². The van der Waals surface area contributed by atoms with Crippen LogP contribution in [0.5, 0.6) is 0 Å². The van der Waals surface area contributed by atoms with Gasteiger partial charge >= 0.3 is 0 Å². The molecule has 1 unspecified atom stereocenters. The Balaban J connectivity index is 1.64. The number of ketones is 1. The third-order valence-corrected chi connectivity index (χ3v) is 7.59. The lowest BCUT2D eigenvalue weighted by molar-refractivity contribution is 0.0944. The predicted molar refractivity (Wildman–Crippen MR) is 137 cm³/mol. The van der Waals surface area contributed by atoms with Gasteiger partial charge in [0.15, 0.2) is 5.78 Å². The van der Waals surface area contributed by atoms with Gasteiger partial charge in [0.2, 0.25) is 0 Å².